The van der Waals surface area contributed by atoms with Gasteiger partial charge in [-0.25, -0.2) is 0 Å². The zero-order chi connectivity index (χ0) is 9.56. The SMILES string of the molecule is CCOC(C)COC(=O)C(C)C. The summed E-state index contributed by atoms with van der Waals surface area (Å²) in [4.78, 5) is 11.0. The molecule has 0 aromatic carbocycles. The summed E-state index contributed by atoms with van der Waals surface area (Å²) < 4.78 is 10.1. The molecule has 1 atom stereocenters. The fourth-order valence-electron chi connectivity index (χ4n) is 0.699. The van der Waals surface area contributed by atoms with Gasteiger partial charge in [-0.05, 0) is 13.8 Å². The Hall–Kier alpha value is -0.570. The van der Waals surface area contributed by atoms with Gasteiger partial charge in [-0.15, -0.1) is 0 Å². The Labute approximate surface area is 74.0 Å². The van der Waals surface area contributed by atoms with Gasteiger partial charge in [-0.3, -0.25) is 4.79 Å². The first-order valence-corrected chi connectivity index (χ1v) is 4.36. The molecule has 0 aromatic heterocycles. The molecule has 0 amide bonds. The lowest BCUT2D eigenvalue weighted by molar-refractivity contribution is -0.151. The minimum absolute atomic E-state index is 0.00213. The normalized spacial score (nSPS) is 13.1. The maximum atomic E-state index is 11.0. The van der Waals surface area contributed by atoms with Crippen LogP contribution in [0.4, 0.5) is 0 Å². The summed E-state index contributed by atoms with van der Waals surface area (Å²) in [6.45, 7) is 8.43. The molecule has 0 bridgehead atoms. The van der Waals surface area contributed by atoms with E-state index in [1.165, 1.54) is 0 Å². The lowest BCUT2D eigenvalue weighted by Crippen LogP contribution is -2.21. The minimum Gasteiger partial charge on any atom is -0.463 e. The lowest BCUT2D eigenvalue weighted by atomic mass is 10.2. The number of carbonyl (C=O) groups excluding carboxylic acids is 1. The molecular formula is C9H18O3. The van der Waals surface area contributed by atoms with E-state index in [1.54, 1.807) is 0 Å². The number of hydrogen-bond donors (Lipinski definition) is 0. The van der Waals surface area contributed by atoms with Crippen molar-refractivity contribution < 1.29 is 14.3 Å². The molecule has 0 rings (SSSR count). The van der Waals surface area contributed by atoms with Crippen molar-refractivity contribution in [2.24, 2.45) is 5.92 Å². The van der Waals surface area contributed by atoms with Gasteiger partial charge in [0.25, 0.3) is 0 Å². The van der Waals surface area contributed by atoms with Gasteiger partial charge in [-0.1, -0.05) is 13.8 Å². The predicted octanol–water partition coefficient (Wildman–Crippen LogP) is 1.61. The zero-order valence-electron chi connectivity index (χ0n) is 8.29. The second-order valence-corrected chi connectivity index (χ2v) is 3.05. The van der Waals surface area contributed by atoms with E-state index in [9.17, 15) is 4.79 Å². The molecule has 0 fully saturated rings. The minimum atomic E-state index is -0.165. The Morgan fingerprint density at radius 1 is 1.33 bits per heavy atom. The summed E-state index contributed by atoms with van der Waals surface area (Å²) in [5.41, 5.74) is 0. The van der Waals surface area contributed by atoms with Crippen LogP contribution < -0.4 is 0 Å². The van der Waals surface area contributed by atoms with Gasteiger partial charge in [-0.2, -0.15) is 0 Å². The molecule has 0 spiro atoms. The smallest absolute Gasteiger partial charge is 0.308 e. The van der Waals surface area contributed by atoms with Crippen LogP contribution in [-0.2, 0) is 14.3 Å². The van der Waals surface area contributed by atoms with E-state index < -0.39 is 0 Å². The highest BCUT2D eigenvalue weighted by atomic mass is 16.6. The van der Waals surface area contributed by atoms with Crippen LogP contribution in [0.1, 0.15) is 27.7 Å². The van der Waals surface area contributed by atoms with Crippen molar-refractivity contribution in [2.75, 3.05) is 13.2 Å². The molecule has 0 aliphatic carbocycles. The van der Waals surface area contributed by atoms with Gasteiger partial charge in [0, 0.05) is 6.61 Å². The van der Waals surface area contributed by atoms with Gasteiger partial charge in [0.1, 0.15) is 6.61 Å². The predicted molar refractivity (Wildman–Crippen MR) is 46.9 cm³/mol. The van der Waals surface area contributed by atoms with Crippen molar-refractivity contribution in [1.82, 2.24) is 0 Å². The van der Waals surface area contributed by atoms with E-state index in [2.05, 4.69) is 0 Å². The van der Waals surface area contributed by atoms with E-state index in [4.69, 9.17) is 9.47 Å². The van der Waals surface area contributed by atoms with Crippen LogP contribution in [-0.4, -0.2) is 25.3 Å². The maximum absolute atomic E-state index is 11.0. The third-order valence-corrected chi connectivity index (χ3v) is 1.38. The van der Waals surface area contributed by atoms with Gasteiger partial charge < -0.3 is 9.47 Å². The summed E-state index contributed by atoms with van der Waals surface area (Å²) in [6, 6.07) is 0. The zero-order valence-corrected chi connectivity index (χ0v) is 8.29. The molecular weight excluding hydrogens is 156 g/mol. The molecule has 0 aromatic rings. The topological polar surface area (TPSA) is 35.5 Å². The van der Waals surface area contributed by atoms with Gasteiger partial charge in [0.2, 0.25) is 0 Å². The third kappa shape index (κ3) is 5.13. The van der Waals surface area contributed by atoms with Gasteiger partial charge in [0.15, 0.2) is 0 Å². The number of rotatable bonds is 5. The average molecular weight is 174 g/mol. The van der Waals surface area contributed by atoms with Gasteiger partial charge >= 0.3 is 5.97 Å². The van der Waals surface area contributed by atoms with Crippen molar-refractivity contribution in [3.63, 3.8) is 0 Å². The quantitative estimate of drug-likeness (QED) is 0.594. The highest BCUT2D eigenvalue weighted by molar-refractivity contribution is 5.71. The second-order valence-electron chi connectivity index (χ2n) is 3.05. The fourth-order valence-corrected chi connectivity index (χ4v) is 0.699. The summed E-state index contributed by atoms with van der Waals surface area (Å²) in [5.74, 6) is -0.222. The Balaban J connectivity index is 3.47. The van der Waals surface area contributed by atoms with Crippen molar-refractivity contribution in [3.05, 3.63) is 0 Å². The molecule has 3 nitrogen and oxygen atoms in total. The Morgan fingerprint density at radius 2 is 1.92 bits per heavy atom. The number of ether oxygens (including phenoxy) is 2. The molecule has 0 aliphatic heterocycles. The van der Waals surface area contributed by atoms with Crippen LogP contribution in [0.25, 0.3) is 0 Å². The largest absolute Gasteiger partial charge is 0.463 e. The Bertz CT molecular complexity index is 132. The standard InChI is InChI=1S/C9H18O3/c1-5-11-8(4)6-12-9(10)7(2)3/h7-8H,5-6H2,1-4H3. The molecule has 1 unspecified atom stereocenters. The number of carbonyl (C=O) groups is 1. The van der Waals surface area contributed by atoms with E-state index in [0.717, 1.165) is 0 Å². The van der Waals surface area contributed by atoms with Crippen molar-refractivity contribution in [1.29, 1.82) is 0 Å². The number of esters is 1. The highest BCUT2D eigenvalue weighted by Gasteiger charge is 2.10. The summed E-state index contributed by atoms with van der Waals surface area (Å²) in [5, 5.41) is 0. The molecule has 3 heteroatoms. The van der Waals surface area contributed by atoms with E-state index >= 15 is 0 Å². The maximum Gasteiger partial charge on any atom is 0.308 e. The summed E-state index contributed by atoms with van der Waals surface area (Å²) >= 11 is 0. The molecule has 0 aliphatic rings. The van der Waals surface area contributed by atoms with Crippen LogP contribution in [0.5, 0.6) is 0 Å². The molecule has 12 heavy (non-hydrogen) atoms. The van der Waals surface area contributed by atoms with Crippen LogP contribution in [0.2, 0.25) is 0 Å². The Morgan fingerprint density at radius 3 is 2.33 bits per heavy atom. The van der Waals surface area contributed by atoms with Crippen molar-refractivity contribution in [3.8, 4) is 0 Å². The molecule has 0 radical (unpaired) electrons. The number of hydrogen-bond acceptors (Lipinski definition) is 3. The average Bonchev–Trinajstić information content (AvgIpc) is 2.00. The first-order chi connectivity index (χ1) is 5.57. The first-order valence-electron chi connectivity index (χ1n) is 4.36. The highest BCUT2D eigenvalue weighted by Crippen LogP contribution is 1.98. The lowest BCUT2D eigenvalue weighted by Gasteiger charge is -2.12. The summed E-state index contributed by atoms with van der Waals surface area (Å²) in [7, 11) is 0. The summed E-state index contributed by atoms with van der Waals surface area (Å²) in [6.07, 6.45) is -0.00213. The van der Waals surface area contributed by atoms with Crippen LogP contribution in [0.3, 0.4) is 0 Å². The second kappa shape index (κ2) is 6.00. The van der Waals surface area contributed by atoms with Gasteiger partial charge in [0.05, 0.1) is 12.0 Å². The fraction of sp³-hybridized carbons (Fsp3) is 0.889. The van der Waals surface area contributed by atoms with Crippen molar-refractivity contribution >= 4 is 5.97 Å². The first kappa shape index (κ1) is 11.4. The Kier molecular flexibility index (Phi) is 5.72. The van der Waals surface area contributed by atoms with E-state index in [1.807, 2.05) is 27.7 Å². The third-order valence-electron chi connectivity index (χ3n) is 1.38. The molecule has 0 N–H and O–H groups in total. The monoisotopic (exact) mass is 174 g/mol. The molecule has 72 valence electrons. The van der Waals surface area contributed by atoms with E-state index in [0.29, 0.717) is 13.2 Å². The van der Waals surface area contributed by atoms with Crippen LogP contribution >= 0.6 is 0 Å². The van der Waals surface area contributed by atoms with Crippen LogP contribution in [0, 0.1) is 5.92 Å². The molecule has 0 saturated carbocycles. The van der Waals surface area contributed by atoms with E-state index in [-0.39, 0.29) is 18.0 Å². The van der Waals surface area contributed by atoms with Crippen molar-refractivity contribution in [2.45, 2.75) is 33.8 Å². The van der Waals surface area contributed by atoms with Crippen LogP contribution in [0.15, 0.2) is 0 Å². The molecule has 0 heterocycles. The molecule has 0 saturated heterocycles.